The molecule has 0 spiro atoms. The van der Waals surface area contributed by atoms with E-state index in [1.807, 2.05) is 6.92 Å². The number of carbonyl (C=O) groups excluding carboxylic acids is 1. The monoisotopic (exact) mass is 354 g/mol. The summed E-state index contributed by atoms with van der Waals surface area (Å²) in [6.07, 6.45) is 0.516. The zero-order valence-electron chi connectivity index (χ0n) is 13.4. The first-order valence-corrected chi connectivity index (χ1v) is 7.56. The van der Waals surface area contributed by atoms with Crippen LogP contribution >= 0.6 is 11.6 Å². The molecule has 0 fully saturated rings. The van der Waals surface area contributed by atoms with Gasteiger partial charge in [-0.25, -0.2) is 0 Å². The molecule has 0 aromatic heterocycles. The number of ether oxygens (including phenoxy) is 1. The summed E-state index contributed by atoms with van der Waals surface area (Å²) in [5.41, 5.74) is 1.57. The molecule has 0 aliphatic rings. The van der Waals surface area contributed by atoms with Gasteiger partial charge in [0.15, 0.2) is 0 Å². The van der Waals surface area contributed by atoms with Crippen molar-refractivity contribution in [1.82, 2.24) is 0 Å². The van der Waals surface area contributed by atoms with Gasteiger partial charge in [-0.3, -0.25) is 4.79 Å². The van der Waals surface area contributed by atoms with Crippen molar-refractivity contribution < 1.29 is 18.5 Å². The molecule has 1 atom stereocenters. The van der Waals surface area contributed by atoms with Crippen LogP contribution in [0.2, 0.25) is 5.02 Å². The lowest BCUT2D eigenvalue weighted by molar-refractivity contribution is 0.112. The van der Waals surface area contributed by atoms with E-state index in [0.29, 0.717) is 22.6 Å². The lowest BCUT2D eigenvalue weighted by atomic mass is 10.0. The molecule has 0 bridgehead atoms. The van der Waals surface area contributed by atoms with Gasteiger partial charge in [0.25, 0.3) is 0 Å². The van der Waals surface area contributed by atoms with Gasteiger partial charge in [0.2, 0.25) is 0 Å². The van der Waals surface area contributed by atoms with Crippen LogP contribution < -0.4 is 15.4 Å². The highest BCUT2D eigenvalue weighted by atomic mass is 35.5. The number of hydrogen-bond acceptors (Lipinski definition) is 4. The molecule has 1 N–H and O–H groups in total. The van der Waals surface area contributed by atoms with E-state index in [-0.39, 0.29) is 23.0 Å². The number of nitrogens with one attached hydrogen (secondary N) is 1. The first-order chi connectivity index (χ1) is 11.4. The van der Waals surface area contributed by atoms with Gasteiger partial charge in [0.1, 0.15) is 17.7 Å². The van der Waals surface area contributed by atoms with Crippen molar-refractivity contribution in [2.24, 2.45) is 0 Å². The number of anilines is 2. The van der Waals surface area contributed by atoms with Gasteiger partial charge in [-0.15, -0.1) is 0 Å². The average Bonchev–Trinajstić information content (AvgIpc) is 2.55. The normalized spacial score (nSPS) is 11.8. The molecule has 2 rings (SSSR count). The molecule has 7 heteroatoms. The van der Waals surface area contributed by atoms with Crippen LogP contribution in [0, 0.1) is 6.92 Å². The number of benzene rings is 2. The third kappa shape index (κ3) is 3.76. The second-order valence-corrected chi connectivity index (χ2v) is 5.74. The summed E-state index contributed by atoms with van der Waals surface area (Å²) in [6.45, 7) is 3.67. The van der Waals surface area contributed by atoms with Crippen LogP contribution in [-0.4, -0.2) is 13.4 Å². The Bertz CT molecular complexity index is 754. The summed E-state index contributed by atoms with van der Waals surface area (Å²) in [5.74, 6) is 0.664. The fraction of sp³-hybridized carbons (Fsp3) is 0.235. The molecule has 0 saturated heterocycles. The second kappa shape index (κ2) is 7.49. The van der Waals surface area contributed by atoms with E-state index >= 15 is 0 Å². The van der Waals surface area contributed by atoms with E-state index in [1.165, 1.54) is 12.1 Å². The lowest BCUT2D eigenvalue weighted by Gasteiger charge is -2.21. The van der Waals surface area contributed by atoms with Crippen LogP contribution in [0.4, 0.5) is 20.3 Å². The Balaban J connectivity index is 2.36. The summed E-state index contributed by atoms with van der Waals surface area (Å²) < 4.78 is 31.4. The van der Waals surface area contributed by atoms with Crippen molar-refractivity contribution in [3.63, 3.8) is 0 Å². The summed E-state index contributed by atoms with van der Waals surface area (Å²) >= 11 is 6.27. The lowest BCUT2D eigenvalue weighted by Crippen LogP contribution is -2.11. The molecule has 2 aromatic rings. The number of aldehydes is 1. The molecule has 0 radical (unpaired) electrons. The third-order valence-corrected chi connectivity index (χ3v) is 4.02. The summed E-state index contributed by atoms with van der Waals surface area (Å²) in [6, 6.07) is 7.19. The Morgan fingerprint density at radius 3 is 2.58 bits per heavy atom. The Kier molecular flexibility index (Phi) is 5.62. The van der Waals surface area contributed by atoms with Crippen molar-refractivity contribution in [2.75, 3.05) is 17.8 Å². The number of nitrogens with zero attached hydrogens (tertiary/aromatic N) is 1. The molecule has 1 unspecified atom stereocenters. The van der Waals surface area contributed by atoms with Gasteiger partial charge < -0.3 is 10.1 Å². The largest absolute Gasteiger partial charge is 0.496 e. The highest BCUT2D eigenvalue weighted by molar-refractivity contribution is 6.31. The average molecular weight is 355 g/mol. The summed E-state index contributed by atoms with van der Waals surface area (Å²) in [5, 5.41) is 2.48. The minimum absolute atomic E-state index is 0.165. The first kappa shape index (κ1) is 18.0. The van der Waals surface area contributed by atoms with E-state index in [2.05, 4.69) is 5.32 Å². The Morgan fingerprint density at radius 1 is 1.29 bits per heavy atom. The fourth-order valence-corrected chi connectivity index (χ4v) is 2.80. The molecule has 0 saturated carbocycles. The van der Waals surface area contributed by atoms with E-state index in [1.54, 1.807) is 26.2 Å². The molecule has 2 aromatic carbocycles. The molecule has 0 aliphatic carbocycles. The number of carbonyl (C=O) groups is 1. The maximum absolute atomic E-state index is 13.1. The molecule has 24 heavy (non-hydrogen) atoms. The number of hydrogen-bond donors (Lipinski definition) is 1. The van der Waals surface area contributed by atoms with E-state index < -0.39 is 5.34 Å². The molecule has 4 nitrogen and oxygen atoms in total. The van der Waals surface area contributed by atoms with Crippen molar-refractivity contribution in [1.29, 1.82) is 0 Å². The quantitative estimate of drug-likeness (QED) is 0.570. The Labute approximate surface area is 143 Å². The maximum atomic E-state index is 13.1. The molecule has 128 valence electrons. The van der Waals surface area contributed by atoms with E-state index in [0.717, 1.165) is 11.6 Å². The smallest absolute Gasteiger partial charge is 0.150 e. The first-order valence-electron chi connectivity index (χ1n) is 7.18. The maximum Gasteiger partial charge on any atom is 0.150 e. The third-order valence-electron chi connectivity index (χ3n) is 3.69. The molecular weight excluding hydrogens is 338 g/mol. The number of rotatable bonds is 6. The topological polar surface area (TPSA) is 41.6 Å². The van der Waals surface area contributed by atoms with Gasteiger partial charge >= 0.3 is 0 Å². The van der Waals surface area contributed by atoms with Crippen LogP contribution in [-0.2, 0) is 0 Å². The minimum Gasteiger partial charge on any atom is -0.496 e. The standard InChI is InChI=1S/C17H17ClF2N2O2/c1-10-6-14(18)13(8-17(10)24-3)11(2)21-15-5-4-12(9-23)7-16(15)22(19)20/h4-9,11,21H,1-3H3. The van der Waals surface area contributed by atoms with Crippen LogP contribution in [0.1, 0.15) is 34.5 Å². The van der Waals surface area contributed by atoms with Gasteiger partial charge in [0.05, 0.1) is 18.8 Å². The number of aryl methyl sites for hydroxylation is 1. The van der Waals surface area contributed by atoms with Crippen molar-refractivity contribution >= 4 is 29.3 Å². The van der Waals surface area contributed by atoms with Crippen molar-refractivity contribution in [3.05, 3.63) is 52.0 Å². The molecule has 0 heterocycles. The molecular formula is C17H17ClF2N2O2. The molecule has 0 amide bonds. The summed E-state index contributed by atoms with van der Waals surface area (Å²) in [7, 11) is 1.55. The zero-order valence-corrected chi connectivity index (χ0v) is 14.2. The predicted molar refractivity (Wildman–Crippen MR) is 91.3 cm³/mol. The van der Waals surface area contributed by atoms with Crippen LogP contribution in [0.3, 0.4) is 0 Å². The Morgan fingerprint density at radius 2 is 2.00 bits per heavy atom. The highest BCUT2D eigenvalue weighted by Gasteiger charge is 2.17. The fourth-order valence-electron chi connectivity index (χ4n) is 2.42. The van der Waals surface area contributed by atoms with Crippen molar-refractivity contribution in [2.45, 2.75) is 19.9 Å². The summed E-state index contributed by atoms with van der Waals surface area (Å²) in [4.78, 5) is 10.8. The van der Waals surface area contributed by atoms with Crippen LogP contribution in [0.25, 0.3) is 0 Å². The highest BCUT2D eigenvalue weighted by Crippen LogP contribution is 2.35. The van der Waals surface area contributed by atoms with Crippen LogP contribution in [0.5, 0.6) is 5.75 Å². The van der Waals surface area contributed by atoms with Gasteiger partial charge in [-0.05, 0) is 60.7 Å². The number of methoxy groups -OCH3 is 1. The minimum atomic E-state index is -1.03. The predicted octanol–water partition coefficient (Wildman–Crippen LogP) is 5.22. The van der Waals surface area contributed by atoms with Gasteiger partial charge in [-0.1, -0.05) is 20.6 Å². The van der Waals surface area contributed by atoms with E-state index in [4.69, 9.17) is 16.3 Å². The van der Waals surface area contributed by atoms with E-state index in [9.17, 15) is 13.8 Å². The number of halogens is 3. The molecule has 0 aliphatic heterocycles. The van der Waals surface area contributed by atoms with Crippen molar-refractivity contribution in [3.8, 4) is 5.75 Å². The zero-order chi connectivity index (χ0) is 17.9. The Hall–Kier alpha value is -2.34. The van der Waals surface area contributed by atoms with Gasteiger partial charge in [0, 0.05) is 10.6 Å². The van der Waals surface area contributed by atoms with Crippen LogP contribution in [0.15, 0.2) is 30.3 Å². The SMILES string of the molecule is COc1cc(C(C)Nc2ccc(C=O)cc2N(F)F)c(Cl)cc1C. The second-order valence-electron chi connectivity index (χ2n) is 5.34. The van der Waals surface area contributed by atoms with Gasteiger partial charge in [-0.2, -0.15) is 0 Å².